The number of aromatic nitrogens is 2. The average Bonchev–Trinajstić information content (AvgIpc) is 2.43. The molecule has 0 aliphatic carbocycles. The number of guanidine groups is 1. The van der Waals surface area contributed by atoms with E-state index < -0.39 is 5.91 Å². The zero-order valence-corrected chi connectivity index (χ0v) is 11.8. The first kappa shape index (κ1) is 15.7. The van der Waals surface area contributed by atoms with Crippen molar-refractivity contribution >= 4 is 23.6 Å². The summed E-state index contributed by atoms with van der Waals surface area (Å²) in [6, 6.07) is 0. The van der Waals surface area contributed by atoms with Crippen LogP contribution in [0.3, 0.4) is 0 Å². The van der Waals surface area contributed by atoms with E-state index in [1.165, 1.54) is 12.4 Å². The number of primary amides is 1. The van der Waals surface area contributed by atoms with Crippen molar-refractivity contribution in [3.63, 3.8) is 0 Å². The molecule has 8 nitrogen and oxygen atoms in total. The fraction of sp³-hybridized carbons (Fsp3) is 0.364. The van der Waals surface area contributed by atoms with Gasteiger partial charge in [0.05, 0.1) is 5.69 Å². The van der Waals surface area contributed by atoms with E-state index in [9.17, 15) is 4.79 Å². The van der Waals surface area contributed by atoms with Crippen LogP contribution in [-0.4, -0.2) is 46.1 Å². The van der Waals surface area contributed by atoms with Crippen molar-refractivity contribution in [2.75, 3.05) is 19.3 Å². The highest BCUT2D eigenvalue weighted by Crippen LogP contribution is 2.12. The lowest BCUT2D eigenvalue weighted by molar-refractivity contribution is 0.0994. The van der Waals surface area contributed by atoms with Gasteiger partial charge in [0.15, 0.2) is 0 Å². The summed E-state index contributed by atoms with van der Waals surface area (Å²) in [6.07, 6.45) is 4.58. The molecule has 0 unspecified atom stereocenters. The lowest BCUT2D eigenvalue weighted by atomic mass is 10.3. The second-order valence-electron chi connectivity index (χ2n) is 3.76. The molecule has 20 heavy (non-hydrogen) atoms. The molecule has 106 valence electrons. The molecule has 0 saturated carbocycles. The van der Waals surface area contributed by atoms with Gasteiger partial charge in [-0.1, -0.05) is 0 Å². The third-order valence-corrected chi connectivity index (χ3v) is 3.32. The summed E-state index contributed by atoms with van der Waals surface area (Å²) in [5, 5.41) is 8.38. The predicted molar refractivity (Wildman–Crippen MR) is 76.6 cm³/mol. The Morgan fingerprint density at radius 2 is 2.20 bits per heavy atom. The first-order valence-electron chi connectivity index (χ1n) is 5.67. The number of hydrogen-bond donors (Lipinski definition) is 2. The van der Waals surface area contributed by atoms with Gasteiger partial charge < -0.3 is 16.4 Å². The van der Waals surface area contributed by atoms with Gasteiger partial charge in [0.25, 0.3) is 5.91 Å². The maximum Gasteiger partial charge on any atom is 0.269 e. The molecule has 0 bridgehead atoms. The van der Waals surface area contributed by atoms with Gasteiger partial charge in [0.2, 0.25) is 12.2 Å². The van der Waals surface area contributed by atoms with Crippen molar-refractivity contribution in [3.05, 3.63) is 23.8 Å². The fourth-order valence-corrected chi connectivity index (χ4v) is 2.25. The van der Waals surface area contributed by atoms with Crippen molar-refractivity contribution in [1.82, 2.24) is 14.9 Å². The molecule has 0 atom stereocenters. The smallest absolute Gasteiger partial charge is 0.269 e. The SMILES string of the molecule is CN(CCSCc1nccnc1C(N)=O)C(N)=NC#N. The Morgan fingerprint density at radius 1 is 1.50 bits per heavy atom. The normalized spacial score (nSPS) is 10.9. The molecule has 0 fully saturated rings. The molecule has 9 heteroatoms. The van der Waals surface area contributed by atoms with Crippen LogP contribution in [0.2, 0.25) is 0 Å². The van der Waals surface area contributed by atoms with E-state index >= 15 is 0 Å². The lowest BCUT2D eigenvalue weighted by Crippen LogP contribution is -2.35. The molecule has 4 N–H and O–H groups in total. The number of thioether (sulfide) groups is 1. The molecular weight excluding hydrogens is 278 g/mol. The van der Waals surface area contributed by atoms with Gasteiger partial charge in [-0.05, 0) is 0 Å². The predicted octanol–water partition coefficient (Wildman–Crippen LogP) is -0.464. The Hall–Kier alpha value is -2.34. The Labute approximate surface area is 120 Å². The molecule has 1 heterocycles. The summed E-state index contributed by atoms with van der Waals surface area (Å²) in [6.45, 7) is 0.619. The van der Waals surface area contributed by atoms with E-state index in [0.717, 1.165) is 5.75 Å². The number of carbonyl (C=O) groups excluding carboxylic acids is 1. The molecular formula is C11H15N7OS. The van der Waals surface area contributed by atoms with Gasteiger partial charge in [-0.25, -0.2) is 4.98 Å². The van der Waals surface area contributed by atoms with Gasteiger partial charge in [0, 0.05) is 37.5 Å². The Kier molecular flexibility index (Phi) is 6.25. The number of carbonyl (C=O) groups is 1. The summed E-state index contributed by atoms with van der Waals surface area (Å²) < 4.78 is 0. The monoisotopic (exact) mass is 293 g/mol. The van der Waals surface area contributed by atoms with Crippen LogP contribution in [-0.2, 0) is 5.75 Å². The number of nitriles is 1. The highest BCUT2D eigenvalue weighted by molar-refractivity contribution is 7.98. The minimum atomic E-state index is -0.587. The third kappa shape index (κ3) is 4.74. The van der Waals surface area contributed by atoms with E-state index in [2.05, 4.69) is 15.0 Å². The van der Waals surface area contributed by atoms with Gasteiger partial charge in [-0.2, -0.15) is 17.0 Å². The van der Waals surface area contributed by atoms with Crippen LogP contribution in [0.25, 0.3) is 0 Å². The maximum absolute atomic E-state index is 11.2. The highest BCUT2D eigenvalue weighted by Gasteiger charge is 2.10. The Balaban J connectivity index is 2.45. The second kappa shape index (κ2) is 7.96. The van der Waals surface area contributed by atoms with E-state index in [1.807, 2.05) is 0 Å². The first-order valence-corrected chi connectivity index (χ1v) is 6.82. The molecule has 1 aromatic rings. The van der Waals surface area contributed by atoms with E-state index in [4.69, 9.17) is 16.7 Å². The van der Waals surface area contributed by atoms with Crippen LogP contribution in [0.5, 0.6) is 0 Å². The minimum Gasteiger partial charge on any atom is -0.369 e. The van der Waals surface area contributed by atoms with Crippen LogP contribution in [0.15, 0.2) is 17.4 Å². The number of rotatable bonds is 6. The van der Waals surface area contributed by atoms with Gasteiger partial charge in [0.1, 0.15) is 5.69 Å². The molecule has 1 amide bonds. The topological polar surface area (TPSA) is 134 Å². The van der Waals surface area contributed by atoms with Crippen LogP contribution < -0.4 is 11.5 Å². The van der Waals surface area contributed by atoms with Crippen molar-refractivity contribution in [2.24, 2.45) is 16.5 Å². The summed E-state index contributed by atoms with van der Waals surface area (Å²) in [5.41, 5.74) is 11.5. The first-order chi connectivity index (χ1) is 9.56. The molecule has 0 aliphatic heterocycles. The van der Waals surface area contributed by atoms with Gasteiger partial charge in [-0.15, -0.1) is 4.99 Å². The third-order valence-electron chi connectivity index (χ3n) is 2.37. The number of nitrogens with two attached hydrogens (primary N) is 2. The van der Waals surface area contributed by atoms with Crippen LogP contribution in [0.1, 0.15) is 16.2 Å². The van der Waals surface area contributed by atoms with Crippen molar-refractivity contribution < 1.29 is 4.79 Å². The molecule has 0 spiro atoms. The number of aliphatic imine (C=N–C) groups is 1. The van der Waals surface area contributed by atoms with Crippen molar-refractivity contribution in [3.8, 4) is 6.19 Å². The molecule has 0 aromatic carbocycles. The van der Waals surface area contributed by atoms with Gasteiger partial charge >= 0.3 is 0 Å². The minimum absolute atomic E-state index is 0.172. The lowest BCUT2D eigenvalue weighted by Gasteiger charge is -2.16. The number of amides is 1. The largest absolute Gasteiger partial charge is 0.369 e. The highest BCUT2D eigenvalue weighted by atomic mass is 32.2. The Morgan fingerprint density at radius 3 is 2.85 bits per heavy atom. The summed E-state index contributed by atoms with van der Waals surface area (Å²) in [5.74, 6) is 0.837. The molecule has 0 radical (unpaired) electrons. The molecule has 1 aromatic heterocycles. The molecule has 0 saturated heterocycles. The zero-order valence-electron chi connectivity index (χ0n) is 11.0. The van der Waals surface area contributed by atoms with Crippen LogP contribution >= 0.6 is 11.8 Å². The second-order valence-corrected chi connectivity index (χ2v) is 4.87. The van der Waals surface area contributed by atoms with Crippen molar-refractivity contribution in [1.29, 1.82) is 5.26 Å². The number of hydrogen-bond acceptors (Lipinski definition) is 6. The van der Waals surface area contributed by atoms with Crippen LogP contribution in [0.4, 0.5) is 0 Å². The average molecular weight is 293 g/mol. The summed E-state index contributed by atoms with van der Waals surface area (Å²) in [4.78, 5) is 24.3. The molecule has 1 rings (SSSR count). The van der Waals surface area contributed by atoms with E-state index in [1.54, 1.807) is 29.9 Å². The molecule has 0 aliphatic rings. The Bertz CT molecular complexity index is 540. The van der Waals surface area contributed by atoms with Crippen LogP contribution in [0, 0.1) is 11.5 Å². The maximum atomic E-state index is 11.2. The number of nitrogens with zero attached hydrogens (tertiary/aromatic N) is 5. The zero-order chi connectivity index (χ0) is 15.0. The standard InChI is InChI=1S/C11H15N7OS/c1-18(11(14)17-7-12)4-5-20-6-8-9(10(13)19)16-3-2-15-8/h2-3H,4-6H2,1H3,(H2,13,19)(H2,14,17). The van der Waals surface area contributed by atoms with E-state index in [-0.39, 0.29) is 11.7 Å². The van der Waals surface area contributed by atoms with Crippen molar-refractivity contribution in [2.45, 2.75) is 5.75 Å². The quantitative estimate of drug-likeness (QED) is 0.313. The summed E-state index contributed by atoms with van der Waals surface area (Å²) >= 11 is 1.56. The fourth-order valence-electron chi connectivity index (χ4n) is 1.30. The summed E-state index contributed by atoms with van der Waals surface area (Å²) in [7, 11) is 1.74. The van der Waals surface area contributed by atoms with Gasteiger partial charge in [-0.3, -0.25) is 9.78 Å². The van der Waals surface area contributed by atoms with E-state index in [0.29, 0.717) is 18.0 Å².